The van der Waals surface area contributed by atoms with Crippen LogP contribution in [-0.2, 0) is 0 Å². The van der Waals surface area contributed by atoms with Crippen molar-refractivity contribution in [3.05, 3.63) is 25.0 Å². The van der Waals surface area contributed by atoms with Gasteiger partial charge in [0.2, 0.25) is 0 Å². The van der Waals surface area contributed by atoms with Crippen LogP contribution in [0.2, 0.25) is 0 Å². The molecule has 1 unspecified atom stereocenters. The fourth-order valence-corrected chi connectivity index (χ4v) is 2.01. The number of nitrogens with one attached hydrogen (secondary N) is 1. The van der Waals surface area contributed by atoms with Crippen LogP contribution in [-0.4, -0.2) is 35.6 Å². The third-order valence-corrected chi connectivity index (χ3v) is 2.86. The molecule has 2 rings (SSSR count). The summed E-state index contributed by atoms with van der Waals surface area (Å²) in [6, 6.07) is 2.21. The highest BCUT2D eigenvalue weighted by molar-refractivity contribution is 5.49. The first-order valence-electron chi connectivity index (χ1n) is 5.97. The SMILES string of the molecule is C=CCNc1cc(N2CCCC(N)C2)ncn1. The van der Waals surface area contributed by atoms with Crippen molar-refractivity contribution >= 4 is 11.6 Å². The van der Waals surface area contributed by atoms with E-state index in [4.69, 9.17) is 5.73 Å². The number of nitrogens with zero attached hydrogens (tertiary/aromatic N) is 3. The monoisotopic (exact) mass is 233 g/mol. The van der Waals surface area contributed by atoms with Gasteiger partial charge in [0.05, 0.1) is 0 Å². The van der Waals surface area contributed by atoms with E-state index < -0.39 is 0 Å². The second kappa shape index (κ2) is 5.63. The van der Waals surface area contributed by atoms with E-state index in [9.17, 15) is 0 Å². The normalized spacial score (nSPS) is 20.1. The molecule has 1 aliphatic heterocycles. The maximum atomic E-state index is 5.97. The zero-order chi connectivity index (χ0) is 12.1. The van der Waals surface area contributed by atoms with Gasteiger partial charge in [-0.05, 0) is 12.8 Å². The maximum Gasteiger partial charge on any atom is 0.134 e. The lowest BCUT2D eigenvalue weighted by atomic mass is 10.1. The quantitative estimate of drug-likeness (QED) is 0.759. The molecule has 0 radical (unpaired) electrons. The molecule has 1 aliphatic rings. The lowest BCUT2D eigenvalue weighted by Gasteiger charge is -2.31. The number of piperidine rings is 1. The summed E-state index contributed by atoms with van der Waals surface area (Å²) in [6.07, 6.45) is 5.61. The van der Waals surface area contributed by atoms with Crippen molar-refractivity contribution < 1.29 is 0 Å². The molecular formula is C12H19N5. The second-order valence-electron chi connectivity index (χ2n) is 4.28. The summed E-state index contributed by atoms with van der Waals surface area (Å²) in [5.74, 6) is 1.77. The minimum absolute atomic E-state index is 0.253. The minimum Gasteiger partial charge on any atom is -0.366 e. The molecule has 1 aromatic heterocycles. The Morgan fingerprint density at radius 3 is 3.24 bits per heavy atom. The van der Waals surface area contributed by atoms with Gasteiger partial charge in [0.1, 0.15) is 18.0 Å². The van der Waals surface area contributed by atoms with Gasteiger partial charge in [-0.2, -0.15) is 0 Å². The Bertz CT molecular complexity index is 379. The first-order chi connectivity index (χ1) is 8.29. The molecule has 1 aromatic rings. The lowest BCUT2D eigenvalue weighted by molar-refractivity contribution is 0.503. The van der Waals surface area contributed by atoms with E-state index in [-0.39, 0.29) is 6.04 Å². The number of aromatic nitrogens is 2. The number of rotatable bonds is 4. The van der Waals surface area contributed by atoms with Crippen LogP contribution >= 0.6 is 0 Å². The van der Waals surface area contributed by atoms with E-state index in [1.165, 1.54) is 0 Å². The molecule has 3 N–H and O–H groups in total. The largest absolute Gasteiger partial charge is 0.366 e. The zero-order valence-electron chi connectivity index (χ0n) is 9.97. The molecule has 5 heteroatoms. The van der Waals surface area contributed by atoms with Crippen LogP contribution in [0.5, 0.6) is 0 Å². The van der Waals surface area contributed by atoms with Gasteiger partial charge in [-0.25, -0.2) is 9.97 Å². The predicted molar refractivity (Wildman–Crippen MR) is 70.1 cm³/mol. The molecular weight excluding hydrogens is 214 g/mol. The van der Waals surface area contributed by atoms with Crippen molar-refractivity contribution in [2.24, 2.45) is 5.73 Å². The number of hydrogen-bond donors (Lipinski definition) is 2. The minimum atomic E-state index is 0.253. The Morgan fingerprint density at radius 1 is 1.59 bits per heavy atom. The topological polar surface area (TPSA) is 67.1 Å². The van der Waals surface area contributed by atoms with Crippen molar-refractivity contribution in [2.75, 3.05) is 29.9 Å². The predicted octanol–water partition coefficient (Wildman–Crippen LogP) is 1.00. The fourth-order valence-electron chi connectivity index (χ4n) is 2.01. The Hall–Kier alpha value is -1.62. The van der Waals surface area contributed by atoms with E-state index >= 15 is 0 Å². The van der Waals surface area contributed by atoms with Gasteiger partial charge in [0.15, 0.2) is 0 Å². The van der Waals surface area contributed by atoms with E-state index in [2.05, 4.69) is 26.8 Å². The highest BCUT2D eigenvalue weighted by atomic mass is 15.2. The van der Waals surface area contributed by atoms with Crippen LogP contribution in [0, 0.1) is 0 Å². The van der Waals surface area contributed by atoms with Crippen molar-refractivity contribution in [1.82, 2.24) is 9.97 Å². The molecule has 0 aromatic carbocycles. The van der Waals surface area contributed by atoms with Crippen molar-refractivity contribution in [3.8, 4) is 0 Å². The average molecular weight is 233 g/mol. The first kappa shape index (κ1) is 11.9. The molecule has 0 amide bonds. The molecule has 0 bridgehead atoms. The average Bonchev–Trinajstić information content (AvgIpc) is 2.37. The molecule has 2 heterocycles. The van der Waals surface area contributed by atoms with Crippen LogP contribution in [0.3, 0.4) is 0 Å². The number of hydrogen-bond acceptors (Lipinski definition) is 5. The van der Waals surface area contributed by atoms with Gasteiger partial charge in [0, 0.05) is 31.7 Å². The van der Waals surface area contributed by atoms with Gasteiger partial charge in [-0.15, -0.1) is 6.58 Å². The Kier molecular flexibility index (Phi) is 3.93. The zero-order valence-corrected chi connectivity index (χ0v) is 9.97. The fraction of sp³-hybridized carbons (Fsp3) is 0.500. The van der Waals surface area contributed by atoms with Gasteiger partial charge >= 0.3 is 0 Å². The van der Waals surface area contributed by atoms with Gasteiger partial charge in [-0.1, -0.05) is 6.08 Å². The molecule has 0 spiro atoms. The van der Waals surface area contributed by atoms with Crippen LogP contribution in [0.15, 0.2) is 25.0 Å². The standard InChI is InChI=1S/C12H19N5/c1-2-5-14-11-7-12(16-9-15-11)17-6-3-4-10(13)8-17/h2,7,9-10H,1,3-6,8,13H2,(H,14,15,16). The highest BCUT2D eigenvalue weighted by Crippen LogP contribution is 2.18. The van der Waals surface area contributed by atoms with Crippen LogP contribution in [0.4, 0.5) is 11.6 Å². The summed E-state index contributed by atoms with van der Waals surface area (Å²) in [7, 11) is 0. The van der Waals surface area contributed by atoms with Crippen molar-refractivity contribution in [3.63, 3.8) is 0 Å². The molecule has 5 nitrogen and oxygen atoms in total. The molecule has 17 heavy (non-hydrogen) atoms. The maximum absolute atomic E-state index is 5.97. The van der Waals surface area contributed by atoms with E-state index in [0.717, 1.165) is 37.6 Å². The summed E-state index contributed by atoms with van der Waals surface area (Å²) >= 11 is 0. The van der Waals surface area contributed by atoms with Gasteiger partial charge < -0.3 is 16.0 Å². The van der Waals surface area contributed by atoms with E-state index in [1.807, 2.05) is 6.07 Å². The van der Waals surface area contributed by atoms with Crippen LogP contribution in [0.1, 0.15) is 12.8 Å². The number of nitrogens with two attached hydrogens (primary N) is 1. The van der Waals surface area contributed by atoms with Crippen LogP contribution in [0.25, 0.3) is 0 Å². The van der Waals surface area contributed by atoms with Gasteiger partial charge in [0.25, 0.3) is 0 Å². The summed E-state index contributed by atoms with van der Waals surface area (Å²) in [5, 5.41) is 3.16. The van der Waals surface area contributed by atoms with E-state index in [1.54, 1.807) is 12.4 Å². The Labute approximate surface area is 102 Å². The van der Waals surface area contributed by atoms with Gasteiger partial charge in [-0.3, -0.25) is 0 Å². The highest BCUT2D eigenvalue weighted by Gasteiger charge is 2.18. The molecule has 0 aliphatic carbocycles. The first-order valence-corrected chi connectivity index (χ1v) is 5.97. The second-order valence-corrected chi connectivity index (χ2v) is 4.28. The third-order valence-electron chi connectivity index (χ3n) is 2.86. The number of anilines is 2. The Balaban J connectivity index is 2.06. The molecule has 0 saturated carbocycles. The smallest absolute Gasteiger partial charge is 0.134 e. The summed E-state index contributed by atoms with van der Waals surface area (Å²) in [4.78, 5) is 10.7. The Morgan fingerprint density at radius 2 is 2.47 bits per heavy atom. The lowest BCUT2D eigenvalue weighted by Crippen LogP contribution is -2.43. The molecule has 1 atom stereocenters. The summed E-state index contributed by atoms with van der Waals surface area (Å²) in [6.45, 7) is 6.26. The molecule has 1 saturated heterocycles. The van der Waals surface area contributed by atoms with Crippen molar-refractivity contribution in [2.45, 2.75) is 18.9 Å². The summed E-state index contributed by atoms with van der Waals surface area (Å²) in [5.41, 5.74) is 5.97. The molecule has 92 valence electrons. The molecule has 1 fully saturated rings. The van der Waals surface area contributed by atoms with Crippen LogP contribution < -0.4 is 16.0 Å². The van der Waals surface area contributed by atoms with Crippen molar-refractivity contribution in [1.29, 1.82) is 0 Å². The summed E-state index contributed by atoms with van der Waals surface area (Å²) < 4.78 is 0. The third kappa shape index (κ3) is 3.17. The van der Waals surface area contributed by atoms with E-state index in [0.29, 0.717) is 6.54 Å².